The number of aromatic nitrogens is 3. The minimum Gasteiger partial charge on any atom is -0.487 e. The van der Waals surface area contributed by atoms with Crippen LogP contribution < -0.4 is 9.75 Å². The molecule has 10 heteroatoms. The number of benzene rings is 2. The Labute approximate surface area is 258 Å². The predicted molar refractivity (Wildman–Crippen MR) is 166 cm³/mol. The van der Waals surface area contributed by atoms with Crippen LogP contribution in [0.2, 0.25) is 0 Å². The second-order valence-corrected chi connectivity index (χ2v) is 14.0. The minimum absolute atomic E-state index is 0.00210. The van der Waals surface area contributed by atoms with Crippen molar-refractivity contribution in [2.75, 3.05) is 11.6 Å². The molecule has 1 saturated heterocycles. The van der Waals surface area contributed by atoms with E-state index >= 15 is 0 Å². The third-order valence-electron chi connectivity index (χ3n) is 9.06. The molecule has 0 radical (unpaired) electrons. The Hall–Kier alpha value is -4.08. The van der Waals surface area contributed by atoms with Crippen molar-refractivity contribution in [1.82, 2.24) is 19.9 Å². The number of ether oxygens (including phenoxy) is 1. The van der Waals surface area contributed by atoms with Gasteiger partial charge < -0.3 is 9.64 Å². The van der Waals surface area contributed by atoms with Gasteiger partial charge in [0.1, 0.15) is 22.9 Å². The lowest BCUT2D eigenvalue weighted by Gasteiger charge is -2.38. The summed E-state index contributed by atoms with van der Waals surface area (Å²) in [6.45, 7) is 13.1. The van der Waals surface area contributed by atoms with E-state index in [1.165, 1.54) is 17.1 Å². The Kier molecular flexibility index (Phi) is 7.58. The summed E-state index contributed by atoms with van der Waals surface area (Å²) in [5.41, 5.74) is 3.45. The maximum Gasteiger partial charge on any atom is 0.270 e. The molecular formula is C34H41FN6O3. The van der Waals surface area contributed by atoms with Gasteiger partial charge in [-0.1, -0.05) is 38.1 Å². The number of halogens is 1. The van der Waals surface area contributed by atoms with Crippen molar-refractivity contribution >= 4 is 23.2 Å². The van der Waals surface area contributed by atoms with Gasteiger partial charge in [0.2, 0.25) is 5.91 Å². The van der Waals surface area contributed by atoms with E-state index in [0.717, 1.165) is 29.7 Å². The summed E-state index contributed by atoms with van der Waals surface area (Å²) in [6.07, 6.45) is 4.66. The molecule has 1 aromatic heterocycles. The van der Waals surface area contributed by atoms with E-state index in [0.29, 0.717) is 36.5 Å². The van der Waals surface area contributed by atoms with Crippen LogP contribution in [0.4, 0.5) is 10.1 Å². The SMILES string of the molecule is CC1CC(c2cn([C@H]3CC(C)(C)Oc4ccc(F)cc43)nn2)CCN1C(=O)C1=NN(c2ccc(C(C)(C)C)cc2)C(=O)CC1. The zero-order valence-electron chi connectivity index (χ0n) is 26.4. The van der Waals surface area contributed by atoms with E-state index in [9.17, 15) is 14.0 Å². The first kappa shape index (κ1) is 30.0. The first-order valence-electron chi connectivity index (χ1n) is 15.5. The fourth-order valence-corrected chi connectivity index (χ4v) is 6.57. The lowest BCUT2D eigenvalue weighted by atomic mass is 9.87. The molecule has 1 fully saturated rings. The van der Waals surface area contributed by atoms with Crippen molar-refractivity contribution in [3.05, 3.63) is 71.3 Å². The number of nitrogens with zero attached hydrogens (tertiary/aromatic N) is 6. The molecule has 0 aliphatic carbocycles. The summed E-state index contributed by atoms with van der Waals surface area (Å²) in [5.74, 6) is 0.259. The first-order valence-corrected chi connectivity index (χ1v) is 15.5. The number of anilines is 1. The minimum atomic E-state index is -0.431. The van der Waals surface area contributed by atoms with E-state index in [-0.39, 0.29) is 47.5 Å². The molecule has 4 heterocycles. The fraction of sp³-hybridized carbons (Fsp3) is 0.500. The topological polar surface area (TPSA) is 92.9 Å². The highest BCUT2D eigenvalue weighted by Crippen LogP contribution is 2.42. The van der Waals surface area contributed by atoms with Gasteiger partial charge in [-0.2, -0.15) is 5.10 Å². The Bertz CT molecular complexity index is 1610. The maximum atomic E-state index is 14.2. The standard InChI is InChI=1S/C34H41FN6O3/c1-21-17-22(28-20-40(38-36-28)29-19-34(5,6)44-30-13-9-24(35)18-26(29)30)15-16-39(21)32(43)27-12-14-31(42)41(37-27)25-10-7-23(8-11-25)33(2,3)4/h7-11,13,18,20-22,29H,12,14-17,19H2,1-6H3/t21?,22?,29-/m0/s1. The lowest BCUT2D eigenvalue weighted by Crippen LogP contribution is -2.48. The van der Waals surface area contributed by atoms with Crippen molar-refractivity contribution in [1.29, 1.82) is 0 Å². The van der Waals surface area contributed by atoms with E-state index < -0.39 is 5.60 Å². The number of piperidine rings is 1. The summed E-state index contributed by atoms with van der Waals surface area (Å²) in [4.78, 5) is 28.3. The van der Waals surface area contributed by atoms with Crippen LogP contribution >= 0.6 is 0 Å². The predicted octanol–water partition coefficient (Wildman–Crippen LogP) is 6.14. The largest absolute Gasteiger partial charge is 0.487 e. The summed E-state index contributed by atoms with van der Waals surface area (Å²) >= 11 is 0. The number of hydrogen-bond donors (Lipinski definition) is 0. The van der Waals surface area contributed by atoms with Crippen LogP contribution in [0.25, 0.3) is 0 Å². The second-order valence-electron chi connectivity index (χ2n) is 14.0. The van der Waals surface area contributed by atoms with Gasteiger partial charge in [0.15, 0.2) is 0 Å². The van der Waals surface area contributed by atoms with Gasteiger partial charge in [0, 0.05) is 49.5 Å². The third kappa shape index (κ3) is 5.86. The molecule has 44 heavy (non-hydrogen) atoms. The summed E-state index contributed by atoms with van der Waals surface area (Å²) in [5, 5.41) is 14.9. The third-order valence-corrected chi connectivity index (χ3v) is 9.06. The quantitative estimate of drug-likeness (QED) is 0.359. The van der Waals surface area contributed by atoms with Crippen LogP contribution in [-0.4, -0.2) is 55.6 Å². The number of fused-ring (bicyclic) bond motifs is 1. The number of carbonyl (C=O) groups excluding carboxylic acids is 2. The molecule has 0 spiro atoms. The molecule has 0 N–H and O–H groups in total. The molecule has 3 atom stereocenters. The molecule has 2 unspecified atom stereocenters. The molecule has 3 aromatic rings. The Morgan fingerprint density at radius 1 is 1.09 bits per heavy atom. The van der Waals surface area contributed by atoms with Crippen LogP contribution in [0.1, 0.15) is 102 Å². The first-order chi connectivity index (χ1) is 20.8. The average molecular weight is 601 g/mol. The molecule has 0 saturated carbocycles. The van der Waals surface area contributed by atoms with Gasteiger partial charge in [0.25, 0.3) is 5.91 Å². The van der Waals surface area contributed by atoms with Crippen molar-refractivity contribution in [2.45, 2.75) is 103 Å². The molecule has 232 valence electrons. The molecule has 3 aliphatic rings. The second kappa shape index (κ2) is 11.1. The molecule has 2 amide bonds. The zero-order chi connectivity index (χ0) is 31.4. The average Bonchev–Trinajstić information content (AvgIpc) is 3.47. The lowest BCUT2D eigenvalue weighted by molar-refractivity contribution is -0.127. The number of likely N-dealkylation sites (tertiary alicyclic amines) is 1. The smallest absolute Gasteiger partial charge is 0.270 e. The van der Waals surface area contributed by atoms with Gasteiger partial charge in [-0.25, -0.2) is 14.1 Å². The van der Waals surface area contributed by atoms with Crippen molar-refractivity contribution in [2.24, 2.45) is 5.10 Å². The number of amides is 2. The van der Waals surface area contributed by atoms with Gasteiger partial charge >= 0.3 is 0 Å². The summed E-state index contributed by atoms with van der Waals surface area (Å²) < 4.78 is 22.1. The van der Waals surface area contributed by atoms with Gasteiger partial charge in [0.05, 0.1) is 17.4 Å². The van der Waals surface area contributed by atoms with E-state index in [1.54, 1.807) is 6.07 Å². The van der Waals surface area contributed by atoms with Crippen molar-refractivity contribution < 1.29 is 18.7 Å². The number of carbonyl (C=O) groups is 2. The number of rotatable bonds is 4. The van der Waals surface area contributed by atoms with Crippen LogP contribution in [0, 0.1) is 5.82 Å². The van der Waals surface area contributed by atoms with E-state index in [1.807, 2.05) is 60.8 Å². The number of hydrogen-bond acceptors (Lipinski definition) is 6. The molecule has 3 aliphatic heterocycles. The van der Waals surface area contributed by atoms with E-state index in [2.05, 4.69) is 36.2 Å². The van der Waals surface area contributed by atoms with Crippen LogP contribution in [-0.2, 0) is 15.0 Å². The molecule has 2 aromatic carbocycles. The Balaban J connectivity index is 1.15. The normalized spacial score (nSPS) is 23.6. The number of hydrazone groups is 1. The Morgan fingerprint density at radius 3 is 2.55 bits per heavy atom. The highest BCUT2D eigenvalue weighted by molar-refractivity contribution is 6.40. The van der Waals surface area contributed by atoms with Gasteiger partial charge in [-0.05, 0) is 74.9 Å². The van der Waals surface area contributed by atoms with Crippen molar-refractivity contribution in [3.63, 3.8) is 0 Å². The highest BCUT2D eigenvalue weighted by Gasteiger charge is 2.38. The fourth-order valence-electron chi connectivity index (χ4n) is 6.57. The molecular weight excluding hydrogens is 559 g/mol. The zero-order valence-corrected chi connectivity index (χ0v) is 26.4. The van der Waals surface area contributed by atoms with Crippen LogP contribution in [0.15, 0.2) is 53.8 Å². The Morgan fingerprint density at radius 2 is 1.84 bits per heavy atom. The van der Waals surface area contributed by atoms with E-state index in [4.69, 9.17) is 4.74 Å². The van der Waals surface area contributed by atoms with Crippen LogP contribution in [0.5, 0.6) is 5.75 Å². The molecule has 0 bridgehead atoms. The van der Waals surface area contributed by atoms with Crippen LogP contribution in [0.3, 0.4) is 0 Å². The molecule has 9 nitrogen and oxygen atoms in total. The van der Waals surface area contributed by atoms with Gasteiger partial charge in [-0.15, -0.1) is 5.10 Å². The maximum absolute atomic E-state index is 14.2. The summed E-state index contributed by atoms with van der Waals surface area (Å²) in [6, 6.07) is 12.2. The summed E-state index contributed by atoms with van der Waals surface area (Å²) in [7, 11) is 0. The monoisotopic (exact) mass is 600 g/mol. The van der Waals surface area contributed by atoms with Gasteiger partial charge in [-0.3, -0.25) is 9.59 Å². The highest BCUT2D eigenvalue weighted by atomic mass is 19.1. The molecule has 6 rings (SSSR count). The van der Waals surface area contributed by atoms with Crippen molar-refractivity contribution in [3.8, 4) is 5.75 Å².